The number of benzene rings is 2. The van der Waals surface area contributed by atoms with E-state index in [1.54, 1.807) is 19.1 Å². The molecule has 2 aromatic carbocycles. The van der Waals surface area contributed by atoms with E-state index in [0.29, 0.717) is 34.6 Å². The monoisotopic (exact) mass is 393 g/mol. The van der Waals surface area contributed by atoms with Crippen LogP contribution in [-0.2, 0) is 11.2 Å². The lowest BCUT2D eigenvalue weighted by Gasteiger charge is -2.22. The topological polar surface area (TPSA) is 71.7 Å². The predicted molar refractivity (Wildman–Crippen MR) is 113 cm³/mol. The average Bonchev–Trinajstić information content (AvgIpc) is 3.14. The second kappa shape index (κ2) is 8.70. The molecule has 2 heterocycles. The molecule has 1 aromatic heterocycles. The van der Waals surface area contributed by atoms with Gasteiger partial charge in [-0.1, -0.05) is 30.3 Å². The summed E-state index contributed by atoms with van der Waals surface area (Å²) in [6, 6.07) is 13.0. The van der Waals surface area contributed by atoms with Crippen LogP contribution in [0.3, 0.4) is 0 Å². The summed E-state index contributed by atoms with van der Waals surface area (Å²) in [7, 11) is 0. The van der Waals surface area contributed by atoms with Crippen molar-refractivity contribution in [2.75, 3.05) is 19.7 Å². The molecule has 5 heteroatoms. The largest absolute Gasteiger partial charge is 0.508 e. The molecule has 2 N–H and O–H groups in total. The number of aryl methyl sites for hydroxylation is 1. The van der Waals surface area contributed by atoms with Crippen molar-refractivity contribution in [3.8, 4) is 17.1 Å². The fourth-order valence-electron chi connectivity index (χ4n) is 4.21. The Morgan fingerprint density at radius 2 is 1.93 bits per heavy atom. The van der Waals surface area contributed by atoms with Gasteiger partial charge in [-0.15, -0.1) is 0 Å². The van der Waals surface area contributed by atoms with Crippen LogP contribution < -0.4 is 5.32 Å². The first-order valence-electron chi connectivity index (χ1n) is 10.4. The van der Waals surface area contributed by atoms with E-state index in [-0.39, 0.29) is 12.4 Å². The molecule has 4 rings (SSSR count). The third kappa shape index (κ3) is 4.01. The quantitative estimate of drug-likeness (QED) is 0.582. The van der Waals surface area contributed by atoms with Gasteiger partial charge in [0.15, 0.2) is 0 Å². The number of hydrogen-bond acceptors (Lipinski definition) is 5. The van der Waals surface area contributed by atoms with E-state index in [1.165, 1.54) is 0 Å². The SMILES string of the molecule is CCOC(=O)c1c(-c2ccccc2)oc2ccc(O)c(CCC3CCNCC3)c12. The molecular weight excluding hydrogens is 366 g/mol. The molecule has 0 saturated carbocycles. The van der Waals surface area contributed by atoms with Crippen molar-refractivity contribution >= 4 is 16.9 Å². The maximum Gasteiger partial charge on any atom is 0.342 e. The Kier molecular flexibility index (Phi) is 5.86. The van der Waals surface area contributed by atoms with E-state index in [4.69, 9.17) is 9.15 Å². The molecule has 0 spiro atoms. The van der Waals surface area contributed by atoms with Crippen molar-refractivity contribution in [1.29, 1.82) is 0 Å². The highest BCUT2D eigenvalue weighted by Gasteiger charge is 2.27. The molecule has 1 aliphatic heterocycles. The zero-order valence-electron chi connectivity index (χ0n) is 16.7. The summed E-state index contributed by atoms with van der Waals surface area (Å²) in [4.78, 5) is 12.9. The van der Waals surface area contributed by atoms with Crippen LogP contribution >= 0.6 is 0 Å². The second-order valence-electron chi connectivity index (χ2n) is 7.56. The lowest BCUT2D eigenvalue weighted by Crippen LogP contribution is -2.27. The number of carbonyl (C=O) groups excluding carboxylic acids is 1. The van der Waals surface area contributed by atoms with E-state index in [9.17, 15) is 9.90 Å². The minimum Gasteiger partial charge on any atom is -0.508 e. The Bertz CT molecular complexity index is 987. The van der Waals surface area contributed by atoms with Gasteiger partial charge in [-0.25, -0.2) is 4.79 Å². The van der Waals surface area contributed by atoms with Crippen LogP contribution in [0.25, 0.3) is 22.3 Å². The molecule has 1 saturated heterocycles. The number of ether oxygens (including phenoxy) is 1. The van der Waals surface area contributed by atoms with Crippen LogP contribution in [0, 0.1) is 5.92 Å². The summed E-state index contributed by atoms with van der Waals surface area (Å²) >= 11 is 0. The highest BCUT2D eigenvalue weighted by Crippen LogP contribution is 2.40. The number of phenolic OH excluding ortho intramolecular Hbond substituents is 1. The summed E-state index contributed by atoms with van der Waals surface area (Å²) in [5.74, 6) is 0.904. The standard InChI is InChI=1S/C24H27NO4/c1-2-28-24(27)22-21-18(9-8-16-12-14-25-15-13-16)19(26)10-11-20(21)29-23(22)17-6-4-3-5-7-17/h3-7,10-11,16,25-26H,2,8-9,12-15H2,1H3. The molecule has 1 fully saturated rings. The van der Waals surface area contributed by atoms with Crippen LogP contribution in [0.4, 0.5) is 0 Å². The molecule has 3 aromatic rings. The van der Waals surface area contributed by atoms with Crippen molar-refractivity contribution < 1.29 is 19.1 Å². The minimum absolute atomic E-state index is 0.206. The molecular formula is C24H27NO4. The van der Waals surface area contributed by atoms with Gasteiger partial charge < -0.3 is 19.6 Å². The highest BCUT2D eigenvalue weighted by atomic mass is 16.5. The van der Waals surface area contributed by atoms with Crippen molar-refractivity contribution in [3.63, 3.8) is 0 Å². The molecule has 0 radical (unpaired) electrons. The zero-order chi connectivity index (χ0) is 20.2. The molecule has 152 valence electrons. The number of esters is 1. The molecule has 0 unspecified atom stereocenters. The summed E-state index contributed by atoms with van der Waals surface area (Å²) < 4.78 is 11.5. The number of phenols is 1. The number of nitrogens with one attached hydrogen (secondary N) is 1. The zero-order valence-corrected chi connectivity index (χ0v) is 16.7. The van der Waals surface area contributed by atoms with Gasteiger partial charge in [0.2, 0.25) is 0 Å². The first kappa shape index (κ1) is 19.5. The summed E-state index contributed by atoms with van der Waals surface area (Å²) in [5, 5.41) is 14.7. The molecule has 0 atom stereocenters. The van der Waals surface area contributed by atoms with E-state index in [1.807, 2.05) is 30.3 Å². The van der Waals surface area contributed by atoms with Crippen LogP contribution in [-0.4, -0.2) is 30.8 Å². The summed E-state index contributed by atoms with van der Waals surface area (Å²) in [6.07, 6.45) is 3.96. The Hall–Kier alpha value is -2.79. The van der Waals surface area contributed by atoms with Crippen molar-refractivity contribution in [3.05, 3.63) is 53.6 Å². The Balaban J connectivity index is 1.81. The van der Waals surface area contributed by atoms with Gasteiger partial charge in [-0.2, -0.15) is 0 Å². The maximum atomic E-state index is 12.9. The lowest BCUT2D eigenvalue weighted by atomic mass is 9.89. The van der Waals surface area contributed by atoms with Crippen molar-refractivity contribution in [2.45, 2.75) is 32.6 Å². The molecule has 29 heavy (non-hydrogen) atoms. The minimum atomic E-state index is -0.418. The number of carbonyl (C=O) groups is 1. The second-order valence-corrected chi connectivity index (χ2v) is 7.56. The normalized spacial score (nSPS) is 14.9. The fraction of sp³-hybridized carbons (Fsp3) is 0.375. The van der Waals surface area contributed by atoms with Crippen LogP contribution in [0.15, 0.2) is 46.9 Å². The summed E-state index contributed by atoms with van der Waals surface area (Å²) in [5.41, 5.74) is 2.60. The number of piperidine rings is 1. The van der Waals surface area contributed by atoms with Crippen LogP contribution in [0.1, 0.15) is 42.1 Å². The van der Waals surface area contributed by atoms with Gasteiger partial charge in [0.05, 0.1) is 6.61 Å². The van der Waals surface area contributed by atoms with Gasteiger partial charge >= 0.3 is 5.97 Å². The smallest absolute Gasteiger partial charge is 0.342 e. The number of rotatable bonds is 6. The van der Waals surface area contributed by atoms with Crippen molar-refractivity contribution in [1.82, 2.24) is 5.32 Å². The van der Waals surface area contributed by atoms with Gasteiger partial charge in [0.25, 0.3) is 0 Å². The fourth-order valence-corrected chi connectivity index (χ4v) is 4.21. The molecule has 1 aliphatic rings. The molecule has 0 aliphatic carbocycles. The third-order valence-electron chi connectivity index (χ3n) is 5.72. The molecule has 0 bridgehead atoms. The number of aromatic hydroxyl groups is 1. The predicted octanol–water partition coefficient (Wildman–Crippen LogP) is 4.91. The number of furan rings is 1. The first-order chi connectivity index (χ1) is 14.2. The van der Waals surface area contributed by atoms with Gasteiger partial charge in [-0.05, 0) is 63.7 Å². The van der Waals surface area contributed by atoms with Gasteiger partial charge in [0.1, 0.15) is 22.7 Å². The van der Waals surface area contributed by atoms with E-state index in [0.717, 1.165) is 43.5 Å². The van der Waals surface area contributed by atoms with Crippen LogP contribution in [0.2, 0.25) is 0 Å². The van der Waals surface area contributed by atoms with E-state index in [2.05, 4.69) is 5.32 Å². The van der Waals surface area contributed by atoms with E-state index >= 15 is 0 Å². The van der Waals surface area contributed by atoms with Crippen LogP contribution in [0.5, 0.6) is 5.75 Å². The highest BCUT2D eigenvalue weighted by molar-refractivity contribution is 6.10. The number of fused-ring (bicyclic) bond motifs is 1. The van der Waals surface area contributed by atoms with E-state index < -0.39 is 5.97 Å². The van der Waals surface area contributed by atoms with Gasteiger partial charge in [0, 0.05) is 16.5 Å². The third-order valence-corrected chi connectivity index (χ3v) is 5.72. The number of hydrogen-bond donors (Lipinski definition) is 2. The molecule has 5 nitrogen and oxygen atoms in total. The summed E-state index contributed by atoms with van der Waals surface area (Å²) in [6.45, 7) is 4.15. The molecule has 0 amide bonds. The maximum absolute atomic E-state index is 12.9. The van der Waals surface area contributed by atoms with Crippen molar-refractivity contribution in [2.24, 2.45) is 5.92 Å². The first-order valence-corrected chi connectivity index (χ1v) is 10.4. The Labute approximate surface area is 170 Å². The van der Waals surface area contributed by atoms with Gasteiger partial charge in [-0.3, -0.25) is 0 Å². The average molecular weight is 393 g/mol. The lowest BCUT2D eigenvalue weighted by molar-refractivity contribution is 0.0528. The Morgan fingerprint density at radius 3 is 2.66 bits per heavy atom. The Morgan fingerprint density at radius 1 is 1.17 bits per heavy atom.